The van der Waals surface area contributed by atoms with E-state index in [4.69, 9.17) is 14.5 Å². The maximum atomic E-state index is 5.49. The molecule has 0 radical (unpaired) electrons. The highest BCUT2D eigenvalue weighted by Gasteiger charge is 2.22. The van der Waals surface area contributed by atoms with Gasteiger partial charge in [-0.1, -0.05) is 42.1 Å². The maximum Gasteiger partial charge on any atom is 0.161 e. The van der Waals surface area contributed by atoms with E-state index in [1.165, 1.54) is 10.8 Å². The van der Waals surface area contributed by atoms with Gasteiger partial charge in [-0.3, -0.25) is 0 Å². The Kier molecular flexibility index (Phi) is 5.03. The smallest absolute Gasteiger partial charge is 0.161 e. The lowest BCUT2D eigenvalue weighted by Crippen LogP contribution is -2.07. The van der Waals surface area contributed by atoms with Crippen molar-refractivity contribution in [1.82, 2.24) is 9.97 Å². The molecule has 0 saturated carbocycles. The summed E-state index contributed by atoms with van der Waals surface area (Å²) in [6.45, 7) is 2.54. The van der Waals surface area contributed by atoms with Crippen LogP contribution in [0.3, 0.4) is 0 Å². The molecule has 0 unspecified atom stereocenters. The van der Waals surface area contributed by atoms with E-state index < -0.39 is 0 Å². The predicted molar refractivity (Wildman–Crippen MR) is 125 cm³/mol. The highest BCUT2D eigenvalue weighted by Crippen LogP contribution is 2.44. The molecule has 2 heterocycles. The van der Waals surface area contributed by atoms with Crippen LogP contribution in [-0.4, -0.2) is 24.2 Å². The van der Waals surface area contributed by atoms with E-state index in [0.29, 0.717) is 23.9 Å². The second-order valence-electron chi connectivity index (χ2n) is 7.26. The van der Waals surface area contributed by atoms with E-state index in [9.17, 15) is 0 Å². The molecule has 0 amide bonds. The number of rotatable bonds is 4. The van der Waals surface area contributed by atoms with Gasteiger partial charge in [0.2, 0.25) is 0 Å². The Morgan fingerprint density at radius 2 is 1.71 bits per heavy atom. The third-order valence-corrected chi connectivity index (χ3v) is 6.32. The fraction of sp³-hybridized carbons (Fsp3) is 0.167. The van der Waals surface area contributed by atoms with Crippen LogP contribution in [0.2, 0.25) is 0 Å². The fourth-order valence-corrected chi connectivity index (χ4v) is 4.78. The molecular weight excluding hydrogens is 408 g/mol. The molecule has 1 aromatic heterocycles. The number of aromatic nitrogens is 2. The molecule has 4 aromatic rings. The van der Waals surface area contributed by atoms with Gasteiger partial charge in [0.1, 0.15) is 16.5 Å². The number of hydrogen-bond acceptors (Lipinski definition) is 7. The molecular formula is C24H22N4O2S. The lowest BCUT2D eigenvalue weighted by molar-refractivity contribution is 0.353. The van der Waals surface area contributed by atoms with Gasteiger partial charge in [-0.15, -0.1) is 0 Å². The molecule has 5 rings (SSSR count). The van der Waals surface area contributed by atoms with Crippen molar-refractivity contribution in [2.24, 2.45) is 0 Å². The Morgan fingerprint density at radius 3 is 2.52 bits per heavy atom. The van der Waals surface area contributed by atoms with Gasteiger partial charge in [0.05, 0.1) is 14.2 Å². The molecule has 1 aliphatic rings. The lowest BCUT2D eigenvalue weighted by atomic mass is 10.1. The molecule has 2 N–H and O–H groups in total. The van der Waals surface area contributed by atoms with Gasteiger partial charge in [-0.05, 0) is 47.5 Å². The van der Waals surface area contributed by atoms with E-state index in [2.05, 4.69) is 45.9 Å². The molecule has 0 saturated heterocycles. The molecule has 7 heteroatoms. The molecule has 0 aliphatic carbocycles. The van der Waals surface area contributed by atoms with Crippen LogP contribution >= 0.6 is 11.8 Å². The summed E-state index contributed by atoms with van der Waals surface area (Å²) in [7, 11) is 3.30. The van der Waals surface area contributed by atoms with Crippen LogP contribution in [-0.2, 0) is 6.54 Å². The van der Waals surface area contributed by atoms with Crippen molar-refractivity contribution >= 4 is 39.7 Å². The third kappa shape index (κ3) is 3.72. The van der Waals surface area contributed by atoms with Crippen LogP contribution in [0.15, 0.2) is 64.5 Å². The van der Waals surface area contributed by atoms with Gasteiger partial charge in [0, 0.05) is 17.1 Å². The second kappa shape index (κ2) is 8.00. The average Bonchev–Trinajstić information content (AvgIpc) is 2.96. The molecule has 1 aliphatic heterocycles. The zero-order valence-corrected chi connectivity index (χ0v) is 18.3. The van der Waals surface area contributed by atoms with Crippen LogP contribution in [0.5, 0.6) is 11.5 Å². The first kappa shape index (κ1) is 19.5. The Labute approximate surface area is 185 Å². The van der Waals surface area contributed by atoms with E-state index in [0.717, 1.165) is 32.7 Å². The molecule has 0 spiro atoms. The minimum Gasteiger partial charge on any atom is -0.493 e. The van der Waals surface area contributed by atoms with E-state index in [-0.39, 0.29) is 0 Å². The summed E-state index contributed by atoms with van der Waals surface area (Å²) in [5.74, 6) is 2.89. The number of benzene rings is 3. The van der Waals surface area contributed by atoms with Gasteiger partial charge >= 0.3 is 0 Å². The van der Waals surface area contributed by atoms with Crippen LogP contribution in [0.4, 0.5) is 17.2 Å². The quantitative estimate of drug-likeness (QED) is 0.398. The summed E-state index contributed by atoms with van der Waals surface area (Å²) in [4.78, 5) is 10.5. The van der Waals surface area contributed by atoms with Crippen molar-refractivity contribution in [2.45, 2.75) is 23.4 Å². The molecule has 0 bridgehead atoms. The van der Waals surface area contributed by atoms with Crippen LogP contribution < -0.4 is 20.1 Å². The number of nitrogens with one attached hydrogen (secondary N) is 2. The Morgan fingerprint density at radius 1 is 0.935 bits per heavy atom. The molecule has 0 fully saturated rings. The summed E-state index contributed by atoms with van der Waals surface area (Å²) in [6, 6.07) is 18.6. The Bertz CT molecular complexity index is 1290. The van der Waals surface area contributed by atoms with Crippen LogP contribution in [0.1, 0.15) is 11.4 Å². The van der Waals surface area contributed by atoms with Gasteiger partial charge < -0.3 is 20.1 Å². The minimum atomic E-state index is 0.633. The van der Waals surface area contributed by atoms with Crippen molar-refractivity contribution in [3.05, 3.63) is 66.0 Å². The first-order valence-corrected chi connectivity index (χ1v) is 10.8. The normalized spacial score (nSPS) is 12.4. The number of ether oxygens (including phenoxy) is 2. The molecule has 6 nitrogen and oxygen atoms in total. The number of nitrogens with zero attached hydrogens (tertiary/aromatic N) is 2. The Balaban J connectivity index is 1.53. The molecule has 156 valence electrons. The lowest BCUT2D eigenvalue weighted by Gasteiger charge is -2.15. The monoisotopic (exact) mass is 430 g/mol. The fourth-order valence-electron chi connectivity index (χ4n) is 3.70. The molecule has 3 aromatic carbocycles. The van der Waals surface area contributed by atoms with Crippen molar-refractivity contribution in [3.8, 4) is 11.5 Å². The summed E-state index contributed by atoms with van der Waals surface area (Å²) in [6.07, 6.45) is 0. The van der Waals surface area contributed by atoms with Crippen LogP contribution in [0, 0.1) is 6.92 Å². The summed E-state index contributed by atoms with van der Waals surface area (Å²) in [5.41, 5.74) is 2.99. The average molecular weight is 431 g/mol. The van der Waals surface area contributed by atoms with Gasteiger partial charge in [-0.2, -0.15) is 0 Å². The van der Waals surface area contributed by atoms with E-state index in [1.807, 2.05) is 31.2 Å². The van der Waals surface area contributed by atoms with E-state index in [1.54, 1.807) is 26.0 Å². The summed E-state index contributed by atoms with van der Waals surface area (Å²) in [5, 5.41) is 10.3. The maximum absolute atomic E-state index is 5.49. The third-order valence-electron chi connectivity index (χ3n) is 5.23. The minimum absolute atomic E-state index is 0.633. The SMILES string of the molecule is COc1cc2c(cc1OC)Sc1nc(C)nc(Nc3ccc4ccccc4c3)c1NC2. The zero-order chi connectivity index (χ0) is 21.4. The number of methoxy groups -OCH3 is 2. The van der Waals surface area contributed by atoms with E-state index >= 15 is 0 Å². The standard InChI is InChI=1S/C24H22N4O2S/c1-14-26-23(28-18-9-8-15-6-4-5-7-16(15)10-18)22-24(27-14)31-21-12-20(30-3)19(29-2)11-17(21)13-25-22/h4-12,25H,13H2,1-3H3,(H,26,27,28). The van der Waals surface area contributed by atoms with Gasteiger partial charge in [0.25, 0.3) is 0 Å². The van der Waals surface area contributed by atoms with Crippen molar-refractivity contribution in [1.29, 1.82) is 0 Å². The highest BCUT2D eigenvalue weighted by molar-refractivity contribution is 7.99. The number of aryl methyl sites for hydroxylation is 1. The topological polar surface area (TPSA) is 68.3 Å². The van der Waals surface area contributed by atoms with Gasteiger partial charge in [0.15, 0.2) is 17.3 Å². The first-order chi connectivity index (χ1) is 15.1. The first-order valence-electron chi connectivity index (χ1n) is 9.95. The van der Waals surface area contributed by atoms with Crippen molar-refractivity contribution < 1.29 is 9.47 Å². The molecule has 31 heavy (non-hydrogen) atoms. The number of fused-ring (bicyclic) bond motifs is 3. The number of hydrogen-bond donors (Lipinski definition) is 2. The summed E-state index contributed by atoms with van der Waals surface area (Å²) < 4.78 is 11.0. The van der Waals surface area contributed by atoms with Crippen molar-refractivity contribution in [2.75, 3.05) is 24.9 Å². The second-order valence-corrected chi connectivity index (χ2v) is 8.29. The number of anilines is 3. The van der Waals surface area contributed by atoms with Crippen LogP contribution in [0.25, 0.3) is 10.8 Å². The van der Waals surface area contributed by atoms with Gasteiger partial charge in [-0.25, -0.2) is 9.97 Å². The predicted octanol–water partition coefficient (Wildman–Crippen LogP) is 5.78. The highest BCUT2D eigenvalue weighted by atomic mass is 32.2. The Hall–Kier alpha value is -3.45. The molecule has 0 atom stereocenters. The summed E-state index contributed by atoms with van der Waals surface area (Å²) >= 11 is 1.60. The van der Waals surface area contributed by atoms with Crippen molar-refractivity contribution in [3.63, 3.8) is 0 Å². The zero-order valence-electron chi connectivity index (χ0n) is 17.5. The largest absolute Gasteiger partial charge is 0.493 e.